The van der Waals surface area contributed by atoms with Crippen molar-refractivity contribution in [1.82, 2.24) is 9.55 Å². The minimum atomic E-state index is -0.233. The molecule has 0 aliphatic rings. The number of hydrogen-bond acceptors (Lipinski definition) is 4. The van der Waals surface area contributed by atoms with Crippen molar-refractivity contribution in [2.24, 2.45) is 0 Å². The van der Waals surface area contributed by atoms with Crippen LogP contribution in [0.15, 0.2) is 77.6 Å². The predicted octanol–water partition coefficient (Wildman–Crippen LogP) is 3.77. The molecule has 4 aromatic rings. The molecule has 1 aromatic heterocycles. The summed E-state index contributed by atoms with van der Waals surface area (Å²) in [7, 11) is 1.60. The van der Waals surface area contributed by atoms with Gasteiger partial charge in [-0.3, -0.25) is 9.36 Å². The first-order valence-corrected chi connectivity index (χ1v) is 8.13. The van der Waals surface area contributed by atoms with Gasteiger partial charge in [0, 0.05) is 5.56 Å². The number of nitrogens with zero attached hydrogens (tertiary/aromatic N) is 2. The van der Waals surface area contributed by atoms with E-state index in [1.165, 1.54) is 4.57 Å². The molecule has 3 aromatic carbocycles. The Bertz CT molecular complexity index is 1150. The third kappa shape index (κ3) is 2.59. The van der Waals surface area contributed by atoms with Gasteiger partial charge in [-0.15, -0.1) is 0 Å². The van der Waals surface area contributed by atoms with Crippen LogP contribution >= 0.6 is 0 Å². The second kappa shape index (κ2) is 6.37. The summed E-state index contributed by atoms with van der Waals surface area (Å²) in [6.45, 7) is 0. The number of ether oxygens (including phenoxy) is 1. The van der Waals surface area contributed by atoms with Crippen molar-refractivity contribution in [3.8, 4) is 28.6 Å². The Morgan fingerprint density at radius 3 is 2.35 bits per heavy atom. The number of para-hydroxylation sites is 3. The van der Waals surface area contributed by atoms with E-state index >= 15 is 0 Å². The summed E-state index contributed by atoms with van der Waals surface area (Å²) in [5.41, 5.74) is 1.51. The molecule has 128 valence electrons. The molecule has 1 N–H and O–H groups in total. The average molecular weight is 344 g/mol. The van der Waals surface area contributed by atoms with Crippen LogP contribution in [-0.4, -0.2) is 21.8 Å². The molecule has 0 fully saturated rings. The number of aromatic hydroxyl groups is 1. The highest BCUT2D eigenvalue weighted by Gasteiger charge is 2.16. The van der Waals surface area contributed by atoms with Gasteiger partial charge in [0.1, 0.15) is 17.3 Å². The van der Waals surface area contributed by atoms with E-state index in [1.807, 2.05) is 30.3 Å². The molecule has 0 aliphatic heterocycles. The summed E-state index contributed by atoms with van der Waals surface area (Å²) in [4.78, 5) is 17.9. The minimum Gasteiger partial charge on any atom is -0.506 e. The maximum absolute atomic E-state index is 13.2. The summed E-state index contributed by atoms with van der Waals surface area (Å²) in [5.74, 6) is 1.19. The second-order valence-corrected chi connectivity index (χ2v) is 5.81. The van der Waals surface area contributed by atoms with Crippen molar-refractivity contribution in [1.29, 1.82) is 0 Å². The molecule has 5 nitrogen and oxygen atoms in total. The van der Waals surface area contributed by atoms with Gasteiger partial charge in [0.05, 0.1) is 23.7 Å². The molecule has 1 heterocycles. The summed E-state index contributed by atoms with van der Waals surface area (Å²) in [6, 6.07) is 21.2. The van der Waals surface area contributed by atoms with Gasteiger partial charge >= 0.3 is 0 Å². The Balaban J connectivity index is 2.08. The van der Waals surface area contributed by atoms with Crippen LogP contribution in [0.3, 0.4) is 0 Å². The standard InChI is InChI=1S/C21H16N2O3/c1-26-15-12-10-14(11-13-15)20-22-17-7-3-2-6-16(17)21(25)23(20)18-8-4-5-9-19(18)24/h2-13,24H,1H3. The molecule has 0 unspecified atom stereocenters. The third-order valence-corrected chi connectivity index (χ3v) is 4.25. The number of hydrogen-bond donors (Lipinski definition) is 1. The lowest BCUT2D eigenvalue weighted by atomic mass is 10.1. The number of phenolic OH excluding ortho intramolecular Hbond substituents is 1. The topological polar surface area (TPSA) is 64.3 Å². The maximum atomic E-state index is 13.2. The largest absolute Gasteiger partial charge is 0.506 e. The molecule has 4 rings (SSSR count). The van der Waals surface area contributed by atoms with Crippen LogP contribution in [0.25, 0.3) is 28.0 Å². The Morgan fingerprint density at radius 1 is 0.923 bits per heavy atom. The fourth-order valence-electron chi connectivity index (χ4n) is 2.94. The predicted molar refractivity (Wildman–Crippen MR) is 101 cm³/mol. The quantitative estimate of drug-likeness (QED) is 0.614. The summed E-state index contributed by atoms with van der Waals surface area (Å²) < 4.78 is 6.65. The van der Waals surface area contributed by atoms with Crippen molar-refractivity contribution in [2.75, 3.05) is 7.11 Å². The van der Waals surface area contributed by atoms with Gasteiger partial charge in [-0.05, 0) is 48.5 Å². The van der Waals surface area contributed by atoms with Gasteiger partial charge in [0.15, 0.2) is 0 Å². The third-order valence-electron chi connectivity index (χ3n) is 4.25. The zero-order valence-corrected chi connectivity index (χ0v) is 14.1. The zero-order valence-electron chi connectivity index (χ0n) is 14.1. The zero-order chi connectivity index (χ0) is 18.1. The minimum absolute atomic E-state index is 0.0152. The molecule has 0 amide bonds. The van der Waals surface area contributed by atoms with Crippen molar-refractivity contribution in [3.05, 3.63) is 83.2 Å². The van der Waals surface area contributed by atoms with Crippen LogP contribution in [0.5, 0.6) is 11.5 Å². The van der Waals surface area contributed by atoms with Gasteiger partial charge in [-0.1, -0.05) is 24.3 Å². The summed E-state index contributed by atoms with van der Waals surface area (Å²) >= 11 is 0. The molecule has 0 saturated heterocycles. The van der Waals surface area contributed by atoms with Crippen LogP contribution in [0.4, 0.5) is 0 Å². The van der Waals surface area contributed by atoms with E-state index in [4.69, 9.17) is 9.72 Å². The van der Waals surface area contributed by atoms with Crippen LogP contribution in [-0.2, 0) is 0 Å². The lowest BCUT2D eigenvalue weighted by Gasteiger charge is -2.15. The van der Waals surface area contributed by atoms with E-state index in [0.29, 0.717) is 28.2 Å². The van der Waals surface area contributed by atoms with Gasteiger partial charge in [-0.2, -0.15) is 0 Å². The van der Waals surface area contributed by atoms with E-state index in [-0.39, 0.29) is 11.3 Å². The Hall–Kier alpha value is -3.60. The molecule has 26 heavy (non-hydrogen) atoms. The van der Waals surface area contributed by atoms with Crippen LogP contribution in [0, 0.1) is 0 Å². The van der Waals surface area contributed by atoms with Crippen LogP contribution < -0.4 is 10.3 Å². The number of fused-ring (bicyclic) bond motifs is 1. The number of benzene rings is 3. The Labute approximate surface area is 149 Å². The molecule has 5 heteroatoms. The second-order valence-electron chi connectivity index (χ2n) is 5.81. The van der Waals surface area contributed by atoms with Gasteiger partial charge < -0.3 is 9.84 Å². The Morgan fingerprint density at radius 2 is 1.62 bits per heavy atom. The highest BCUT2D eigenvalue weighted by molar-refractivity contribution is 5.80. The van der Waals surface area contributed by atoms with Crippen LogP contribution in [0.2, 0.25) is 0 Å². The molecule has 0 spiro atoms. The monoisotopic (exact) mass is 344 g/mol. The highest BCUT2D eigenvalue weighted by atomic mass is 16.5. The maximum Gasteiger partial charge on any atom is 0.266 e. The van der Waals surface area contributed by atoms with E-state index in [0.717, 1.165) is 5.56 Å². The molecule has 0 aliphatic carbocycles. The smallest absolute Gasteiger partial charge is 0.266 e. The number of methoxy groups -OCH3 is 1. The highest BCUT2D eigenvalue weighted by Crippen LogP contribution is 2.27. The summed E-state index contributed by atoms with van der Waals surface area (Å²) in [5, 5.41) is 10.8. The van der Waals surface area contributed by atoms with E-state index in [1.54, 1.807) is 49.6 Å². The van der Waals surface area contributed by atoms with Gasteiger partial charge in [0.25, 0.3) is 5.56 Å². The van der Waals surface area contributed by atoms with Crippen molar-refractivity contribution in [3.63, 3.8) is 0 Å². The molecule has 0 saturated carbocycles. The first kappa shape index (κ1) is 15.9. The fourth-order valence-corrected chi connectivity index (χ4v) is 2.94. The SMILES string of the molecule is COc1ccc(-c2nc3ccccc3c(=O)n2-c2ccccc2O)cc1. The fraction of sp³-hybridized carbons (Fsp3) is 0.0476. The Kier molecular flexibility index (Phi) is 3.89. The molecular weight excluding hydrogens is 328 g/mol. The molecule has 0 atom stereocenters. The van der Waals surface area contributed by atoms with E-state index in [9.17, 15) is 9.90 Å². The van der Waals surface area contributed by atoms with Gasteiger partial charge in [0.2, 0.25) is 0 Å². The number of rotatable bonds is 3. The first-order valence-electron chi connectivity index (χ1n) is 8.13. The first-order chi connectivity index (χ1) is 12.7. The number of phenols is 1. The van der Waals surface area contributed by atoms with Crippen molar-refractivity contribution in [2.45, 2.75) is 0 Å². The van der Waals surface area contributed by atoms with Crippen LogP contribution in [0.1, 0.15) is 0 Å². The number of aromatic nitrogens is 2. The lowest BCUT2D eigenvalue weighted by Crippen LogP contribution is -2.22. The van der Waals surface area contributed by atoms with Crippen molar-refractivity contribution >= 4 is 10.9 Å². The lowest BCUT2D eigenvalue weighted by molar-refractivity contribution is 0.415. The average Bonchev–Trinajstić information content (AvgIpc) is 2.69. The van der Waals surface area contributed by atoms with E-state index < -0.39 is 0 Å². The normalized spacial score (nSPS) is 10.8. The van der Waals surface area contributed by atoms with Crippen molar-refractivity contribution < 1.29 is 9.84 Å². The molecule has 0 radical (unpaired) electrons. The summed E-state index contributed by atoms with van der Waals surface area (Å²) in [6.07, 6.45) is 0. The van der Waals surface area contributed by atoms with E-state index in [2.05, 4.69) is 0 Å². The molecule has 0 bridgehead atoms. The molecular formula is C21H16N2O3. The van der Waals surface area contributed by atoms with Gasteiger partial charge in [-0.25, -0.2) is 4.98 Å².